The third-order valence-corrected chi connectivity index (χ3v) is 3.84. The van der Waals surface area contributed by atoms with Crippen LogP contribution in [0.15, 0.2) is 0 Å². The monoisotopic (exact) mass is 227 g/mol. The molecular weight excluding hydrogens is 194 g/mol. The normalized spacial score (nSPS) is 16.5. The molecule has 0 aromatic carbocycles. The molecule has 0 fully saturated rings. The van der Waals surface area contributed by atoms with Crippen LogP contribution in [0, 0.1) is 11.3 Å². The van der Waals surface area contributed by atoms with Gasteiger partial charge in [-0.05, 0) is 44.9 Å². The molecule has 1 atom stereocenters. The van der Waals surface area contributed by atoms with Gasteiger partial charge < -0.3 is 5.32 Å². The van der Waals surface area contributed by atoms with Crippen LogP contribution in [0.2, 0.25) is 0 Å². The van der Waals surface area contributed by atoms with Crippen molar-refractivity contribution in [3.63, 3.8) is 0 Å². The minimum absolute atomic E-state index is 0.240. The smallest absolute Gasteiger partial charge is 0.00967 e. The van der Waals surface area contributed by atoms with Crippen molar-refractivity contribution in [1.29, 1.82) is 0 Å². The Kier molecular flexibility index (Phi) is 6.62. The van der Waals surface area contributed by atoms with E-state index in [4.69, 9.17) is 0 Å². The first kappa shape index (κ1) is 16.0. The maximum absolute atomic E-state index is 3.67. The summed E-state index contributed by atoms with van der Waals surface area (Å²) in [5, 5.41) is 3.67. The second-order valence-corrected chi connectivity index (χ2v) is 6.65. The molecule has 1 unspecified atom stereocenters. The van der Waals surface area contributed by atoms with Crippen LogP contribution in [0.25, 0.3) is 0 Å². The zero-order valence-corrected chi connectivity index (χ0v) is 12.6. The molecule has 0 heterocycles. The molecule has 1 N–H and O–H groups in total. The molecule has 0 amide bonds. The third kappa shape index (κ3) is 6.52. The Morgan fingerprint density at radius 1 is 0.938 bits per heavy atom. The summed E-state index contributed by atoms with van der Waals surface area (Å²) >= 11 is 0. The molecule has 98 valence electrons. The molecule has 0 bridgehead atoms. The van der Waals surface area contributed by atoms with Crippen LogP contribution < -0.4 is 5.32 Å². The first-order valence-corrected chi connectivity index (χ1v) is 7.01. The van der Waals surface area contributed by atoms with Crippen LogP contribution in [0.3, 0.4) is 0 Å². The maximum atomic E-state index is 3.67. The van der Waals surface area contributed by atoms with E-state index in [0.717, 1.165) is 12.5 Å². The van der Waals surface area contributed by atoms with E-state index in [0.29, 0.717) is 5.41 Å². The second kappa shape index (κ2) is 6.64. The zero-order valence-electron chi connectivity index (χ0n) is 12.6. The fourth-order valence-electron chi connectivity index (χ4n) is 2.09. The van der Waals surface area contributed by atoms with E-state index in [9.17, 15) is 0 Å². The lowest BCUT2D eigenvalue weighted by Crippen LogP contribution is -2.43. The van der Waals surface area contributed by atoms with Crippen molar-refractivity contribution < 1.29 is 0 Å². The van der Waals surface area contributed by atoms with Gasteiger partial charge in [-0.25, -0.2) is 0 Å². The van der Waals surface area contributed by atoms with Gasteiger partial charge in [0.1, 0.15) is 0 Å². The van der Waals surface area contributed by atoms with E-state index in [-0.39, 0.29) is 5.54 Å². The van der Waals surface area contributed by atoms with Gasteiger partial charge >= 0.3 is 0 Å². The standard InChI is InChI=1S/C15H33N/c1-8-13(9-2)11-15(7,10-3)12-16-14(4,5)6/h13,16H,8-12H2,1-7H3. The van der Waals surface area contributed by atoms with E-state index in [1.165, 1.54) is 25.7 Å². The van der Waals surface area contributed by atoms with Gasteiger partial charge in [-0.2, -0.15) is 0 Å². The van der Waals surface area contributed by atoms with Gasteiger partial charge in [0.05, 0.1) is 0 Å². The topological polar surface area (TPSA) is 12.0 Å². The fraction of sp³-hybridized carbons (Fsp3) is 1.00. The second-order valence-electron chi connectivity index (χ2n) is 6.65. The Morgan fingerprint density at radius 3 is 1.75 bits per heavy atom. The van der Waals surface area contributed by atoms with Crippen LogP contribution in [0.5, 0.6) is 0 Å². The lowest BCUT2D eigenvalue weighted by molar-refractivity contribution is 0.195. The highest BCUT2D eigenvalue weighted by Crippen LogP contribution is 2.32. The summed E-state index contributed by atoms with van der Waals surface area (Å²) in [5.74, 6) is 0.895. The summed E-state index contributed by atoms with van der Waals surface area (Å²) in [6, 6.07) is 0. The molecule has 0 aromatic rings. The van der Waals surface area contributed by atoms with Crippen molar-refractivity contribution in [2.24, 2.45) is 11.3 Å². The summed E-state index contributed by atoms with van der Waals surface area (Å²) in [4.78, 5) is 0. The van der Waals surface area contributed by atoms with Gasteiger partial charge in [-0.15, -0.1) is 0 Å². The van der Waals surface area contributed by atoms with Crippen LogP contribution in [0.4, 0.5) is 0 Å². The van der Waals surface area contributed by atoms with Crippen LogP contribution in [0.1, 0.15) is 74.1 Å². The van der Waals surface area contributed by atoms with E-state index >= 15 is 0 Å². The van der Waals surface area contributed by atoms with Crippen LogP contribution in [-0.2, 0) is 0 Å². The molecule has 0 saturated carbocycles. The van der Waals surface area contributed by atoms with Gasteiger partial charge in [0, 0.05) is 12.1 Å². The molecule has 16 heavy (non-hydrogen) atoms. The zero-order chi connectivity index (χ0) is 12.8. The average molecular weight is 227 g/mol. The molecular formula is C15H33N. The highest BCUT2D eigenvalue weighted by atomic mass is 15.0. The molecule has 1 nitrogen and oxygen atoms in total. The molecule has 0 aliphatic carbocycles. The van der Waals surface area contributed by atoms with Crippen LogP contribution >= 0.6 is 0 Å². The molecule has 0 rings (SSSR count). The van der Waals surface area contributed by atoms with Crippen molar-refractivity contribution in [2.45, 2.75) is 79.7 Å². The van der Waals surface area contributed by atoms with Gasteiger partial charge in [-0.1, -0.05) is 40.5 Å². The minimum Gasteiger partial charge on any atom is -0.312 e. The quantitative estimate of drug-likeness (QED) is 0.669. The highest BCUT2D eigenvalue weighted by molar-refractivity contribution is 4.82. The van der Waals surface area contributed by atoms with Crippen molar-refractivity contribution in [1.82, 2.24) is 5.32 Å². The average Bonchev–Trinajstić information content (AvgIpc) is 2.22. The number of nitrogens with one attached hydrogen (secondary N) is 1. The van der Waals surface area contributed by atoms with Crippen LogP contribution in [-0.4, -0.2) is 12.1 Å². The first-order chi connectivity index (χ1) is 7.26. The summed E-state index contributed by atoms with van der Waals surface area (Å²) in [5.41, 5.74) is 0.703. The van der Waals surface area contributed by atoms with Crippen molar-refractivity contribution >= 4 is 0 Å². The Hall–Kier alpha value is -0.0400. The Morgan fingerprint density at radius 2 is 1.44 bits per heavy atom. The minimum atomic E-state index is 0.240. The van der Waals surface area contributed by atoms with Gasteiger partial charge in [0.25, 0.3) is 0 Å². The SMILES string of the molecule is CCC(CC)CC(C)(CC)CNC(C)(C)C. The highest BCUT2D eigenvalue weighted by Gasteiger charge is 2.26. The Balaban J connectivity index is 4.30. The fourth-order valence-corrected chi connectivity index (χ4v) is 2.09. The molecule has 0 radical (unpaired) electrons. The largest absolute Gasteiger partial charge is 0.312 e. The van der Waals surface area contributed by atoms with Crippen molar-refractivity contribution in [3.8, 4) is 0 Å². The molecule has 0 spiro atoms. The summed E-state index contributed by atoms with van der Waals surface area (Å²) < 4.78 is 0. The number of hydrogen-bond donors (Lipinski definition) is 1. The van der Waals surface area contributed by atoms with E-state index < -0.39 is 0 Å². The molecule has 0 saturated heterocycles. The van der Waals surface area contributed by atoms with E-state index in [2.05, 4.69) is 53.8 Å². The predicted octanol–water partition coefficient (Wildman–Crippen LogP) is 4.62. The van der Waals surface area contributed by atoms with Gasteiger partial charge in [0.2, 0.25) is 0 Å². The lowest BCUT2D eigenvalue weighted by atomic mass is 9.76. The maximum Gasteiger partial charge on any atom is 0.00967 e. The van der Waals surface area contributed by atoms with E-state index in [1.807, 2.05) is 0 Å². The van der Waals surface area contributed by atoms with Crippen molar-refractivity contribution in [2.75, 3.05) is 6.54 Å². The lowest BCUT2D eigenvalue weighted by Gasteiger charge is -2.35. The predicted molar refractivity (Wildman–Crippen MR) is 74.8 cm³/mol. The summed E-state index contributed by atoms with van der Waals surface area (Å²) in [6.07, 6.45) is 5.27. The van der Waals surface area contributed by atoms with E-state index in [1.54, 1.807) is 0 Å². The Labute approximate surface area is 103 Å². The summed E-state index contributed by atoms with van der Waals surface area (Å²) in [7, 11) is 0. The number of hydrogen-bond acceptors (Lipinski definition) is 1. The third-order valence-electron chi connectivity index (χ3n) is 3.84. The molecule has 1 heteroatoms. The van der Waals surface area contributed by atoms with Gasteiger partial charge in [-0.3, -0.25) is 0 Å². The Bertz CT molecular complexity index is 176. The van der Waals surface area contributed by atoms with Crippen molar-refractivity contribution in [3.05, 3.63) is 0 Å². The number of rotatable bonds is 7. The first-order valence-electron chi connectivity index (χ1n) is 7.01. The molecule has 0 aromatic heterocycles. The van der Waals surface area contributed by atoms with Gasteiger partial charge in [0.15, 0.2) is 0 Å². The molecule has 0 aliphatic rings. The molecule has 0 aliphatic heterocycles. The summed E-state index contributed by atoms with van der Waals surface area (Å²) in [6.45, 7) is 17.3.